The maximum Gasteiger partial charge on any atom is 0.172 e. The van der Waals surface area contributed by atoms with Crippen molar-refractivity contribution in [1.29, 1.82) is 0 Å². The van der Waals surface area contributed by atoms with E-state index in [0.29, 0.717) is 22.8 Å². The molecule has 0 amide bonds. The van der Waals surface area contributed by atoms with Crippen molar-refractivity contribution < 1.29 is 23.7 Å². The largest absolute Gasteiger partial charge is 0.496 e. The van der Waals surface area contributed by atoms with E-state index in [1.54, 1.807) is 20.3 Å². The third-order valence-corrected chi connectivity index (χ3v) is 3.85. The molecule has 0 bridgehead atoms. The van der Waals surface area contributed by atoms with Crippen molar-refractivity contribution in [3.8, 4) is 17.2 Å². The summed E-state index contributed by atoms with van der Waals surface area (Å²) in [6.45, 7) is 5.77. The standard InChI is InChI=1S/C18H24O5/c1-11(20-4)9-13(19)16-15(21-5)10-14-12(17(16)22-6)7-8-18(2,3)23-14/h7-8,10-11H,9H2,1-6H3/t11-/m1/s1. The second-order valence-electron chi connectivity index (χ2n) is 6.11. The first-order chi connectivity index (χ1) is 10.8. The fourth-order valence-electron chi connectivity index (χ4n) is 2.55. The molecule has 0 aromatic heterocycles. The molecule has 0 radical (unpaired) electrons. The summed E-state index contributed by atoms with van der Waals surface area (Å²) in [4.78, 5) is 12.7. The lowest BCUT2D eigenvalue weighted by atomic mass is 9.95. The molecule has 1 aliphatic heterocycles. The van der Waals surface area contributed by atoms with Crippen molar-refractivity contribution in [3.63, 3.8) is 0 Å². The molecule has 1 heterocycles. The third kappa shape index (κ3) is 3.50. The molecular weight excluding hydrogens is 296 g/mol. The van der Waals surface area contributed by atoms with Gasteiger partial charge in [0.05, 0.1) is 25.9 Å². The minimum absolute atomic E-state index is 0.0888. The van der Waals surface area contributed by atoms with Crippen LogP contribution in [0.25, 0.3) is 6.08 Å². The first-order valence-electron chi connectivity index (χ1n) is 7.56. The fourth-order valence-corrected chi connectivity index (χ4v) is 2.55. The summed E-state index contributed by atoms with van der Waals surface area (Å²) >= 11 is 0. The Kier molecular flexibility index (Phi) is 5.00. The number of fused-ring (bicyclic) bond motifs is 1. The molecule has 1 atom stereocenters. The zero-order valence-electron chi connectivity index (χ0n) is 14.6. The Balaban J connectivity index is 2.56. The van der Waals surface area contributed by atoms with Gasteiger partial charge >= 0.3 is 0 Å². The summed E-state index contributed by atoms with van der Waals surface area (Å²) in [5.74, 6) is 1.47. The van der Waals surface area contributed by atoms with Gasteiger partial charge in [0.15, 0.2) is 5.78 Å². The molecule has 2 rings (SSSR count). The number of carbonyl (C=O) groups is 1. The maximum atomic E-state index is 12.7. The Labute approximate surface area is 137 Å². The summed E-state index contributed by atoms with van der Waals surface area (Å²) in [5, 5.41) is 0. The first kappa shape index (κ1) is 17.3. The smallest absolute Gasteiger partial charge is 0.172 e. The van der Waals surface area contributed by atoms with Crippen LogP contribution in [0.5, 0.6) is 17.2 Å². The van der Waals surface area contributed by atoms with Crippen LogP contribution in [0.4, 0.5) is 0 Å². The molecule has 0 saturated carbocycles. The van der Waals surface area contributed by atoms with Crippen molar-refractivity contribution in [2.24, 2.45) is 0 Å². The Morgan fingerprint density at radius 3 is 2.52 bits per heavy atom. The second-order valence-corrected chi connectivity index (χ2v) is 6.11. The Hall–Kier alpha value is -2.01. The first-order valence-corrected chi connectivity index (χ1v) is 7.56. The van der Waals surface area contributed by atoms with Gasteiger partial charge in [-0.15, -0.1) is 0 Å². The third-order valence-electron chi connectivity index (χ3n) is 3.85. The van der Waals surface area contributed by atoms with Crippen LogP contribution < -0.4 is 14.2 Å². The summed E-state index contributed by atoms with van der Waals surface area (Å²) in [6, 6.07) is 1.74. The van der Waals surface area contributed by atoms with E-state index in [0.717, 1.165) is 5.56 Å². The predicted molar refractivity (Wildman–Crippen MR) is 88.7 cm³/mol. The van der Waals surface area contributed by atoms with Crippen LogP contribution in [-0.2, 0) is 4.74 Å². The SMILES string of the molecule is COc1cc2c(c(OC)c1C(=O)C[C@@H](C)OC)C=CC(C)(C)O2. The predicted octanol–water partition coefficient (Wildman–Crippen LogP) is 3.50. The van der Waals surface area contributed by atoms with E-state index < -0.39 is 5.60 Å². The van der Waals surface area contributed by atoms with Crippen molar-refractivity contribution in [1.82, 2.24) is 0 Å². The van der Waals surface area contributed by atoms with Crippen LogP contribution >= 0.6 is 0 Å². The highest BCUT2D eigenvalue weighted by Crippen LogP contribution is 2.44. The van der Waals surface area contributed by atoms with Gasteiger partial charge in [-0.05, 0) is 32.9 Å². The van der Waals surface area contributed by atoms with Gasteiger partial charge in [0.25, 0.3) is 0 Å². The lowest BCUT2D eigenvalue weighted by molar-refractivity contribution is 0.0787. The quantitative estimate of drug-likeness (QED) is 0.751. The van der Waals surface area contributed by atoms with Gasteiger partial charge in [-0.1, -0.05) is 0 Å². The summed E-state index contributed by atoms with van der Waals surface area (Å²) in [7, 11) is 4.65. The number of hydrogen-bond donors (Lipinski definition) is 0. The number of carbonyl (C=O) groups excluding carboxylic acids is 1. The van der Waals surface area contributed by atoms with E-state index in [1.807, 2.05) is 32.9 Å². The highest BCUT2D eigenvalue weighted by Gasteiger charge is 2.30. The molecule has 23 heavy (non-hydrogen) atoms. The Morgan fingerprint density at radius 1 is 1.26 bits per heavy atom. The van der Waals surface area contributed by atoms with Crippen molar-refractivity contribution in [3.05, 3.63) is 23.3 Å². The molecule has 0 saturated heterocycles. The number of rotatable bonds is 6. The minimum Gasteiger partial charge on any atom is -0.496 e. The van der Waals surface area contributed by atoms with E-state index in [-0.39, 0.29) is 18.3 Å². The number of hydrogen-bond acceptors (Lipinski definition) is 5. The average Bonchev–Trinajstić information content (AvgIpc) is 2.51. The molecule has 0 unspecified atom stereocenters. The molecular formula is C18H24O5. The number of benzene rings is 1. The van der Waals surface area contributed by atoms with Crippen LogP contribution in [0.15, 0.2) is 12.1 Å². The van der Waals surface area contributed by atoms with Crippen molar-refractivity contribution >= 4 is 11.9 Å². The Morgan fingerprint density at radius 2 is 1.96 bits per heavy atom. The van der Waals surface area contributed by atoms with E-state index in [1.165, 1.54) is 7.11 Å². The zero-order valence-corrected chi connectivity index (χ0v) is 14.6. The van der Waals surface area contributed by atoms with Crippen LogP contribution in [0.1, 0.15) is 43.1 Å². The number of ether oxygens (including phenoxy) is 4. The molecule has 1 aromatic carbocycles. The Bertz CT molecular complexity index is 631. The highest BCUT2D eigenvalue weighted by atomic mass is 16.5. The van der Waals surface area contributed by atoms with Crippen molar-refractivity contribution in [2.45, 2.75) is 38.9 Å². The molecule has 1 aromatic rings. The van der Waals surface area contributed by atoms with Gasteiger partial charge in [0.1, 0.15) is 28.4 Å². The normalized spacial score (nSPS) is 16.3. The van der Waals surface area contributed by atoms with Crippen LogP contribution in [-0.4, -0.2) is 38.8 Å². The molecule has 0 aliphatic carbocycles. The lowest BCUT2D eigenvalue weighted by Gasteiger charge is -2.29. The second kappa shape index (κ2) is 6.62. The number of Topliss-reactive ketones (excluding diaryl/α,β-unsaturated/α-hetero) is 1. The fraction of sp³-hybridized carbons (Fsp3) is 0.500. The van der Waals surface area contributed by atoms with Crippen LogP contribution in [0, 0.1) is 0 Å². The van der Waals surface area contributed by atoms with Gasteiger partial charge in [-0.3, -0.25) is 4.79 Å². The molecule has 5 nitrogen and oxygen atoms in total. The lowest BCUT2D eigenvalue weighted by Crippen LogP contribution is -2.28. The van der Waals surface area contributed by atoms with Crippen molar-refractivity contribution in [2.75, 3.05) is 21.3 Å². The van der Waals surface area contributed by atoms with E-state index >= 15 is 0 Å². The maximum absolute atomic E-state index is 12.7. The zero-order chi connectivity index (χ0) is 17.2. The van der Waals surface area contributed by atoms with Gasteiger partial charge < -0.3 is 18.9 Å². The topological polar surface area (TPSA) is 54.0 Å². The monoisotopic (exact) mass is 320 g/mol. The van der Waals surface area contributed by atoms with E-state index in [2.05, 4.69) is 0 Å². The number of methoxy groups -OCH3 is 3. The summed E-state index contributed by atoms with van der Waals surface area (Å²) < 4.78 is 22.1. The summed E-state index contributed by atoms with van der Waals surface area (Å²) in [5.41, 5.74) is 0.755. The van der Waals surface area contributed by atoms with Gasteiger partial charge in [0, 0.05) is 19.6 Å². The average molecular weight is 320 g/mol. The van der Waals surface area contributed by atoms with Gasteiger partial charge in [0.2, 0.25) is 0 Å². The molecule has 0 fully saturated rings. The van der Waals surface area contributed by atoms with E-state index in [9.17, 15) is 4.79 Å². The molecule has 5 heteroatoms. The summed E-state index contributed by atoms with van der Waals surface area (Å²) in [6.07, 6.45) is 3.93. The van der Waals surface area contributed by atoms with Gasteiger partial charge in [-0.2, -0.15) is 0 Å². The minimum atomic E-state index is -0.418. The van der Waals surface area contributed by atoms with Gasteiger partial charge in [-0.25, -0.2) is 0 Å². The number of ketones is 1. The van der Waals surface area contributed by atoms with E-state index in [4.69, 9.17) is 18.9 Å². The van der Waals surface area contributed by atoms with Crippen LogP contribution in [0.3, 0.4) is 0 Å². The molecule has 0 spiro atoms. The highest BCUT2D eigenvalue weighted by molar-refractivity contribution is 6.03. The van der Waals surface area contributed by atoms with Crippen LogP contribution in [0.2, 0.25) is 0 Å². The molecule has 1 aliphatic rings. The molecule has 126 valence electrons. The molecule has 0 N–H and O–H groups in total.